The number of amides is 1. The first-order valence-corrected chi connectivity index (χ1v) is 27.6. The molecule has 0 aliphatic rings. The van der Waals surface area contributed by atoms with E-state index in [1.54, 1.807) is 0 Å². The number of esters is 3. The summed E-state index contributed by atoms with van der Waals surface area (Å²) in [6.07, 6.45) is 37.7. The summed E-state index contributed by atoms with van der Waals surface area (Å²) >= 11 is 0. The molecule has 384 valence electrons. The van der Waals surface area contributed by atoms with E-state index >= 15 is 0 Å². The summed E-state index contributed by atoms with van der Waals surface area (Å²) in [5.41, 5.74) is 5.07. The van der Waals surface area contributed by atoms with Crippen LogP contribution in [0.25, 0.3) is 0 Å². The lowest BCUT2D eigenvalue weighted by atomic mass is 9.86. The Bertz CT molecular complexity index is 1150. The number of unbranched alkanes of at least 4 members (excludes halogenated alkanes) is 29. The van der Waals surface area contributed by atoms with Crippen molar-refractivity contribution in [2.24, 2.45) is 11.1 Å². The number of nitrogens with zero attached hydrogens (tertiary/aromatic N) is 1. The lowest BCUT2D eigenvalue weighted by Crippen LogP contribution is -2.37. The Morgan fingerprint density at radius 3 is 1.34 bits per heavy atom. The van der Waals surface area contributed by atoms with Crippen molar-refractivity contribution >= 4 is 32.4 Å². The van der Waals surface area contributed by atoms with Gasteiger partial charge in [0.15, 0.2) is 6.10 Å². The fourth-order valence-corrected chi connectivity index (χ4v) is 8.15. The second kappa shape index (κ2) is 43.4. The lowest BCUT2D eigenvalue weighted by molar-refractivity contribution is -0.870. The number of quaternary nitrogens is 1. The van der Waals surface area contributed by atoms with Gasteiger partial charge in [0.2, 0.25) is 5.91 Å². The Balaban J connectivity index is 4.12. The molecule has 0 saturated heterocycles. The molecule has 12 nitrogen and oxygen atoms in total. The highest BCUT2D eigenvalue weighted by Crippen LogP contribution is 2.28. The zero-order valence-corrected chi connectivity index (χ0v) is 43.8. The fraction of sp³-hybridized carbons (Fsp3) is 0.923. The highest BCUT2D eigenvalue weighted by Gasteiger charge is 2.24. The Morgan fingerprint density at radius 2 is 0.908 bits per heavy atom. The summed E-state index contributed by atoms with van der Waals surface area (Å²) in [7, 11) is 3.55. The van der Waals surface area contributed by atoms with Crippen molar-refractivity contribution in [2.75, 3.05) is 54.1 Å². The average molecular weight is 945 g/mol. The van der Waals surface area contributed by atoms with E-state index in [9.17, 15) is 24.1 Å². The van der Waals surface area contributed by atoms with Gasteiger partial charge in [-0.3, -0.25) is 19.2 Å². The maximum absolute atomic E-state index is 12.7. The number of primary amides is 1. The van der Waals surface area contributed by atoms with Crippen LogP contribution in [0.1, 0.15) is 245 Å². The van der Waals surface area contributed by atoms with Crippen LogP contribution >= 0.6 is 8.60 Å². The molecule has 0 radical (unpaired) electrons. The van der Waals surface area contributed by atoms with Crippen LogP contribution in [0.2, 0.25) is 0 Å². The third-order valence-electron chi connectivity index (χ3n) is 12.2. The summed E-state index contributed by atoms with van der Waals surface area (Å²) in [6, 6.07) is 0. The normalized spacial score (nSPS) is 12.8. The number of likely N-dealkylation sites (N-methyl/N-ethyl adjacent to an activating group) is 1. The molecule has 2 N–H and O–H groups in total. The summed E-state index contributed by atoms with van der Waals surface area (Å²) in [4.78, 5) is 61.3. The van der Waals surface area contributed by atoms with Crippen LogP contribution in [0.5, 0.6) is 0 Å². The second-order valence-corrected chi connectivity index (χ2v) is 21.2. The molecule has 2 atom stereocenters. The molecule has 0 aromatic heterocycles. The van der Waals surface area contributed by atoms with Crippen molar-refractivity contribution in [1.82, 2.24) is 0 Å². The quantitative estimate of drug-likeness (QED) is 0.0204. The van der Waals surface area contributed by atoms with Crippen LogP contribution < -0.4 is 10.6 Å². The van der Waals surface area contributed by atoms with Gasteiger partial charge in [-0.05, 0) is 19.3 Å². The Labute approximate surface area is 399 Å². The largest absolute Gasteiger partial charge is 0.786 e. The number of rotatable bonds is 49. The highest BCUT2D eigenvalue weighted by atomic mass is 31.2. The molecule has 13 heteroatoms. The maximum atomic E-state index is 12.7. The predicted octanol–water partition coefficient (Wildman–Crippen LogP) is 12.5. The standard InChI is InChI=1S/C52H101N2O10P/c1-7-8-9-10-11-12-13-14-17-20-23-26-29-32-35-38-50(57)64-47(46-63-65(59)62-44-42-54(4,5)6)45-61-49(56)40-39-48(55)60-43-37-34-31-28-25-22-19-16-15-18-21-24-27-30-33-36-41-52(2,3)51(53)58/h47H,7-46H2,1-6H3,(H2,53,58). The maximum Gasteiger partial charge on any atom is 0.306 e. The van der Waals surface area contributed by atoms with Crippen molar-refractivity contribution < 1.29 is 51.8 Å². The predicted molar refractivity (Wildman–Crippen MR) is 264 cm³/mol. The van der Waals surface area contributed by atoms with Gasteiger partial charge in [-0.2, -0.15) is 0 Å². The third-order valence-corrected chi connectivity index (χ3v) is 13.0. The van der Waals surface area contributed by atoms with Crippen LogP contribution in [-0.4, -0.2) is 88.5 Å². The fourth-order valence-electron chi connectivity index (χ4n) is 7.56. The van der Waals surface area contributed by atoms with Crippen molar-refractivity contribution in [3.05, 3.63) is 0 Å². The zero-order chi connectivity index (χ0) is 48.3. The summed E-state index contributed by atoms with van der Waals surface area (Å²) < 4.78 is 27.6. The van der Waals surface area contributed by atoms with Gasteiger partial charge < -0.3 is 38.4 Å². The molecule has 0 aromatic rings. The minimum atomic E-state index is -2.44. The van der Waals surface area contributed by atoms with Gasteiger partial charge in [-0.15, -0.1) is 0 Å². The smallest absolute Gasteiger partial charge is 0.306 e. The zero-order valence-electron chi connectivity index (χ0n) is 42.9. The molecule has 0 heterocycles. The number of nitrogens with two attached hydrogens (primary N) is 1. The molecule has 0 aromatic carbocycles. The minimum Gasteiger partial charge on any atom is -0.786 e. The first kappa shape index (κ1) is 63.1. The second-order valence-electron chi connectivity index (χ2n) is 20.2. The molecule has 0 saturated carbocycles. The minimum absolute atomic E-state index is 0.0940. The Kier molecular flexibility index (Phi) is 42.2. The Morgan fingerprint density at radius 1 is 0.508 bits per heavy atom. The van der Waals surface area contributed by atoms with E-state index < -0.39 is 32.6 Å². The number of hydrogen-bond donors (Lipinski definition) is 1. The number of hydrogen-bond acceptors (Lipinski definition) is 10. The van der Waals surface area contributed by atoms with Gasteiger partial charge in [0.1, 0.15) is 19.8 Å². The highest BCUT2D eigenvalue weighted by molar-refractivity contribution is 7.39. The summed E-state index contributed by atoms with van der Waals surface area (Å²) in [5, 5.41) is 0. The van der Waals surface area contributed by atoms with Gasteiger partial charge >= 0.3 is 17.9 Å². The van der Waals surface area contributed by atoms with E-state index in [1.807, 2.05) is 35.0 Å². The van der Waals surface area contributed by atoms with E-state index in [2.05, 4.69) is 6.92 Å². The SMILES string of the molecule is CCCCCCCCCCCCCCCCCC(=O)OC(COC(=O)CCC(=O)OCCCCCCCCCCCCCCCCCCC(C)(C)C(N)=O)COP([O-])OCC[N+](C)(C)C. The van der Waals surface area contributed by atoms with Crippen molar-refractivity contribution in [1.29, 1.82) is 0 Å². The molecule has 65 heavy (non-hydrogen) atoms. The number of carbonyl (C=O) groups is 4. The topological polar surface area (TPSA) is 164 Å². The van der Waals surface area contributed by atoms with Gasteiger partial charge in [0, 0.05) is 11.8 Å². The molecule has 1 amide bonds. The summed E-state index contributed by atoms with van der Waals surface area (Å²) in [6.45, 7) is 6.82. The van der Waals surface area contributed by atoms with Gasteiger partial charge in [-0.25, -0.2) is 0 Å². The number of ether oxygens (including phenoxy) is 3. The van der Waals surface area contributed by atoms with E-state index in [0.717, 1.165) is 44.9 Å². The van der Waals surface area contributed by atoms with E-state index in [1.165, 1.54) is 154 Å². The molecular weight excluding hydrogens is 844 g/mol. The third kappa shape index (κ3) is 45.7. The van der Waals surface area contributed by atoms with Crippen molar-refractivity contribution in [3.63, 3.8) is 0 Å². The van der Waals surface area contributed by atoms with Crippen LogP contribution in [0, 0.1) is 5.41 Å². The lowest BCUT2D eigenvalue weighted by Gasteiger charge is -2.28. The molecule has 0 aliphatic heterocycles. The van der Waals surface area contributed by atoms with E-state index in [-0.39, 0.29) is 50.4 Å². The molecule has 0 spiro atoms. The first-order chi connectivity index (χ1) is 31.2. The van der Waals surface area contributed by atoms with Crippen molar-refractivity contribution in [3.8, 4) is 0 Å². The molecule has 0 aliphatic carbocycles. The van der Waals surface area contributed by atoms with E-state index in [0.29, 0.717) is 24.1 Å². The van der Waals surface area contributed by atoms with Crippen LogP contribution in [0.15, 0.2) is 0 Å². The van der Waals surface area contributed by atoms with Crippen molar-refractivity contribution in [2.45, 2.75) is 252 Å². The average Bonchev–Trinajstić information content (AvgIpc) is 3.25. The summed E-state index contributed by atoms with van der Waals surface area (Å²) in [5.74, 6) is -1.68. The molecule has 2 unspecified atom stereocenters. The van der Waals surface area contributed by atoms with Crippen LogP contribution in [0.4, 0.5) is 0 Å². The number of carbonyl (C=O) groups excluding carboxylic acids is 4. The van der Waals surface area contributed by atoms with Gasteiger partial charge in [0.05, 0.1) is 55.8 Å². The molecule has 0 fully saturated rings. The van der Waals surface area contributed by atoms with Crippen LogP contribution in [-0.2, 0) is 42.4 Å². The Hall–Kier alpha value is -1.85. The molecule has 0 bridgehead atoms. The molecular formula is C52H101N2O10P. The van der Waals surface area contributed by atoms with Gasteiger partial charge in [-0.1, -0.05) is 207 Å². The van der Waals surface area contributed by atoms with Crippen LogP contribution in [0.3, 0.4) is 0 Å². The molecule has 0 rings (SSSR count). The monoisotopic (exact) mass is 945 g/mol. The van der Waals surface area contributed by atoms with E-state index in [4.69, 9.17) is 29.0 Å². The first-order valence-electron chi connectivity index (χ1n) is 26.5. The van der Waals surface area contributed by atoms with Gasteiger partial charge in [0.25, 0.3) is 0 Å².